The average molecular weight is 286 g/mol. The van der Waals surface area contributed by atoms with Gasteiger partial charge in [-0.15, -0.1) is 0 Å². The van der Waals surface area contributed by atoms with Crippen molar-refractivity contribution in [2.24, 2.45) is 11.8 Å². The molecule has 0 bridgehead atoms. The summed E-state index contributed by atoms with van der Waals surface area (Å²) in [5.74, 6) is 0.181. The molecule has 0 aliphatic carbocycles. The summed E-state index contributed by atoms with van der Waals surface area (Å²) in [5.41, 5.74) is -1.48. The Morgan fingerprint density at radius 2 is 1.00 bits per heavy atom. The standard InChI is InChI=1S/2C6H13O.Cr.2O/c2*1-5(2)6(3,4)7;;;/h2*5H,1-4H3;;;/q2*-1;+2;;. The van der Waals surface area contributed by atoms with Gasteiger partial charge in [-0.2, -0.15) is 0 Å². The third kappa shape index (κ3) is 5.48. The van der Waals surface area contributed by atoms with E-state index >= 15 is 0 Å². The van der Waals surface area contributed by atoms with Gasteiger partial charge in [0.15, 0.2) is 0 Å². The molecule has 0 saturated carbocycles. The van der Waals surface area contributed by atoms with Gasteiger partial charge in [-0.1, -0.05) is 0 Å². The normalized spacial score (nSPS) is 14.7. The Balaban J connectivity index is 4.85. The molecule has 5 heteroatoms. The summed E-state index contributed by atoms with van der Waals surface area (Å²) in [4.78, 5) is 0. The molecule has 0 rings (SSSR count). The first-order chi connectivity index (χ1) is 7.30. The summed E-state index contributed by atoms with van der Waals surface area (Å²) in [6, 6.07) is 0. The van der Waals surface area contributed by atoms with Crippen molar-refractivity contribution < 1.29 is 28.8 Å². The Bertz CT molecular complexity index is 312. The van der Waals surface area contributed by atoms with Crippen LogP contribution in [0.3, 0.4) is 0 Å². The average Bonchev–Trinajstić information content (AvgIpc) is 1.98. The van der Waals surface area contributed by atoms with Gasteiger partial charge in [-0.3, -0.25) is 0 Å². The molecule has 4 nitrogen and oxygen atoms in total. The van der Waals surface area contributed by atoms with Gasteiger partial charge >= 0.3 is 107 Å². The Morgan fingerprint density at radius 3 is 1.18 bits per heavy atom. The predicted octanol–water partition coefficient (Wildman–Crippen LogP) is 3.56. The molecule has 0 aromatic rings. The van der Waals surface area contributed by atoms with Crippen LogP contribution in [0, 0.1) is 11.8 Å². The van der Waals surface area contributed by atoms with Crippen molar-refractivity contribution in [1.82, 2.24) is 0 Å². The Labute approximate surface area is 107 Å². The molecule has 0 aliphatic rings. The molecule has 0 unspecified atom stereocenters. The van der Waals surface area contributed by atoms with Gasteiger partial charge in [0.1, 0.15) is 0 Å². The fourth-order valence-corrected chi connectivity index (χ4v) is 3.03. The monoisotopic (exact) mass is 286 g/mol. The van der Waals surface area contributed by atoms with E-state index in [1.807, 2.05) is 27.7 Å². The summed E-state index contributed by atoms with van der Waals surface area (Å²) in [5, 5.41) is 0. The van der Waals surface area contributed by atoms with Crippen LogP contribution in [-0.2, 0) is 28.8 Å². The molecule has 0 N–H and O–H groups in total. The van der Waals surface area contributed by atoms with E-state index in [-0.39, 0.29) is 11.8 Å². The van der Waals surface area contributed by atoms with Crippen LogP contribution >= 0.6 is 0 Å². The molecule has 0 spiro atoms. The van der Waals surface area contributed by atoms with Gasteiger partial charge in [0, 0.05) is 0 Å². The second-order valence-electron chi connectivity index (χ2n) is 6.09. The first-order valence-electron chi connectivity index (χ1n) is 5.96. The van der Waals surface area contributed by atoms with Crippen LogP contribution in [-0.4, -0.2) is 11.2 Å². The Kier molecular flexibility index (Phi) is 5.38. The first-order valence-corrected chi connectivity index (χ1v) is 8.04. The van der Waals surface area contributed by atoms with Crippen LogP contribution in [0.2, 0.25) is 0 Å². The van der Waals surface area contributed by atoms with E-state index in [1.54, 1.807) is 27.7 Å². The molecular weight excluding hydrogens is 260 g/mol. The van der Waals surface area contributed by atoms with Crippen LogP contribution in [0.25, 0.3) is 0 Å². The maximum absolute atomic E-state index is 11.9. The summed E-state index contributed by atoms with van der Waals surface area (Å²) in [6.45, 7) is 14.7. The summed E-state index contributed by atoms with van der Waals surface area (Å²) in [7, 11) is 0. The summed E-state index contributed by atoms with van der Waals surface area (Å²) >= 11 is -4.79. The molecule has 0 radical (unpaired) electrons. The van der Waals surface area contributed by atoms with Crippen LogP contribution in [0.4, 0.5) is 0 Å². The summed E-state index contributed by atoms with van der Waals surface area (Å²) < 4.78 is 34.2. The van der Waals surface area contributed by atoms with E-state index in [1.165, 1.54) is 0 Å². The molecule has 0 aliphatic heterocycles. The molecule has 0 amide bonds. The van der Waals surface area contributed by atoms with Gasteiger partial charge in [0.25, 0.3) is 0 Å². The van der Waals surface area contributed by atoms with E-state index < -0.39 is 24.8 Å². The van der Waals surface area contributed by atoms with Gasteiger partial charge in [-0.05, 0) is 0 Å². The van der Waals surface area contributed by atoms with Gasteiger partial charge < -0.3 is 0 Å². The molecule has 0 heterocycles. The van der Waals surface area contributed by atoms with E-state index in [9.17, 15) is 7.61 Å². The van der Waals surface area contributed by atoms with Gasteiger partial charge in [-0.25, -0.2) is 0 Å². The first kappa shape index (κ1) is 17.1. The van der Waals surface area contributed by atoms with Gasteiger partial charge in [0.05, 0.1) is 0 Å². The second kappa shape index (κ2) is 5.36. The fraction of sp³-hybridized carbons (Fsp3) is 1.00. The topological polar surface area (TPSA) is 52.6 Å². The SMILES string of the molecule is CC(C)C(C)(C)[O][Cr](=[O])(=[O])[O]C(C)(C)C(C)C. The zero-order chi connectivity index (χ0) is 14.1. The van der Waals surface area contributed by atoms with Crippen LogP contribution < -0.4 is 0 Å². The molecule has 0 aromatic heterocycles. The number of hydrogen-bond donors (Lipinski definition) is 0. The Morgan fingerprint density at radius 1 is 0.765 bits per heavy atom. The molecule has 17 heavy (non-hydrogen) atoms. The van der Waals surface area contributed by atoms with E-state index in [4.69, 9.17) is 7.58 Å². The van der Waals surface area contributed by atoms with Crippen molar-refractivity contribution in [3.8, 4) is 0 Å². The van der Waals surface area contributed by atoms with Crippen molar-refractivity contribution in [3.05, 3.63) is 0 Å². The van der Waals surface area contributed by atoms with Crippen molar-refractivity contribution in [1.29, 1.82) is 0 Å². The van der Waals surface area contributed by atoms with Gasteiger partial charge in [0.2, 0.25) is 0 Å². The van der Waals surface area contributed by atoms with Crippen LogP contribution in [0.1, 0.15) is 55.4 Å². The van der Waals surface area contributed by atoms with Crippen molar-refractivity contribution in [3.63, 3.8) is 0 Å². The quantitative estimate of drug-likeness (QED) is 0.749. The van der Waals surface area contributed by atoms with E-state index in [0.717, 1.165) is 0 Å². The van der Waals surface area contributed by atoms with E-state index in [2.05, 4.69) is 0 Å². The third-order valence-electron chi connectivity index (χ3n) is 3.41. The van der Waals surface area contributed by atoms with Crippen molar-refractivity contribution >= 4 is 0 Å². The molecular formula is C12H26CrO4. The zero-order valence-electron chi connectivity index (χ0n) is 12.2. The molecule has 104 valence electrons. The maximum atomic E-state index is 11.9. The zero-order valence-corrected chi connectivity index (χ0v) is 13.5. The minimum atomic E-state index is -4.79. The Hall–Kier alpha value is 0.0525. The van der Waals surface area contributed by atoms with Crippen LogP contribution in [0.15, 0.2) is 0 Å². The predicted molar refractivity (Wildman–Crippen MR) is 61.4 cm³/mol. The molecule has 0 aromatic carbocycles. The summed E-state index contributed by atoms with van der Waals surface area (Å²) in [6.07, 6.45) is 0. The molecule has 0 saturated heterocycles. The second-order valence-corrected chi connectivity index (χ2v) is 7.89. The minimum absolute atomic E-state index is 0.0905. The van der Waals surface area contributed by atoms with Crippen molar-refractivity contribution in [2.45, 2.75) is 66.6 Å². The van der Waals surface area contributed by atoms with Crippen LogP contribution in [0.5, 0.6) is 0 Å². The third-order valence-corrected chi connectivity index (χ3v) is 5.39. The number of rotatable bonds is 6. The van der Waals surface area contributed by atoms with E-state index in [0.29, 0.717) is 0 Å². The molecule has 0 fully saturated rings. The van der Waals surface area contributed by atoms with Crippen molar-refractivity contribution in [2.75, 3.05) is 0 Å². The number of hydrogen-bond acceptors (Lipinski definition) is 4. The fourth-order valence-electron chi connectivity index (χ4n) is 0.736. The molecule has 0 atom stereocenters.